The lowest BCUT2D eigenvalue weighted by Gasteiger charge is -2.20. The number of nitrogens with zero attached hydrogens (tertiary/aromatic N) is 2. The molecule has 19 heavy (non-hydrogen) atoms. The predicted octanol–water partition coefficient (Wildman–Crippen LogP) is 2.20. The highest BCUT2D eigenvalue weighted by Crippen LogP contribution is 2.23. The molecule has 1 aliphatic heterocycles. The SMILES string of the molecule is CCn1nc(CC2COCCC2=O)c2ccccc21. The molecule has 100 valence electrons. The maximum Gasteiger partial charge on any atom is 0.140 e. The molecule has 0 amide bonds. The second-order valence-electron chi connectivity index (χ2n) is 4.97. The average molecular weight is 258 g/mol. The number of rotatable bonds is 3. The van der Waals surface area contributed by atoms with Crippen molar-refractivity contribution in [1.29, 1.82) is 0 Å². The molecule has 4 heteroatoms. The molecule has 0 N–H and O–H groups in total. The third kappa shape index (κ3) is 2.28. The summed E-state index contributed by atoms with van der Waals surface area (Å²) in [6, 6.07) is 8.20. The van der Waals surface area contributed by atoms with Gasteiger partial charge in [0.05, 0.1) is 24.4 Å². The van der Waals surface area contributed by atoms with Gasteiger partial charge in [0.1, 0.15) is 5.78 Å². The molecule has 0 radical (unpaired) electrons. The van der Waals surface area contributed by atoms with Gasteiger partial charge in [-0.05, 0) is 13.0 Å². The van der Waals surface area contributed by atoms with E-state index in [2.05, 4.69) is 24.2 Å². The summed E-state index contributed by atoms with van der Waals surface area (Å²) in [6.45, 7) is 4.03. The first kappa shape index (κ1) is 12.4. The number of Topliss-reactive ketones (excluding diaryl/α,β-unsaturated/α-hetero) is 1. The van der Waals surface area contributed by atoms with Gasteiger partial charge in [-0.2, -0.15) is 5.10 Å². The van der Waals surface area contributed by atoms with Gasteiger partial charge in [-0.1, -0.05) is 18.2 Å². The van der Waals surface area contributed by atoms with Crippen molar-refractivity contribution in [2.75, 3.05) is 13.2 Å². The molecule has 0 spiro atoms. The highest BCUT2D eigenvalue weighted by atomic mass is 16.5. The van der Waals surface area contributed by atoms with Crippen LogP contribution < -0.4 is 0 Å². The van der Waals surface area contributed by atoms with Gasteiger partial charge in [0.25, 0.3) is 0 Å². The zero-order chi connectivity index (χ0) is 13.2. The molecule has 2 aromatic rings. The van der Waals surface area contributed by atoms with Crippen LogP contribution in [-0.4, -0.2) is 28.8 Å². The summed E-state index contributed by atoms with van der Waals surface area (Å²) in [7, 11) is 0. The van der Waals surface area contributed by atoms with E-state index in [1.807, 2.05) is 16.8 Å². The fourth-order valence-electron chi connectivity index (χ4n) is 2.69. The molecular weight excluding hydrogens is 240 g/mol. The molecule has 1 aromatic heterocycles. The monoisotopic (exact) mass is 258 g/mol. The summed E-state index contributed by atoms with van der Waals surface area (Å²) in [5, 5.41) is 5.80. The van der Waals surface area contributed by atoms with Crippen molar-refractivity contribution in [2.45, 2.75) is 26.3 Å². The number of hydrogen-bond donors (Lipinski definition) is 0. The zero-order valence-electron chi connectivity index (χ0n) is 11.1. The van der Waals surface area contributed by atoms with Gasteiger partial charge in [0.2, 0.25) is 0 Å². The minimum absolute atomic E-state index is 0.0302. The van der Waals surface area contributed by atoms with Crippen molar-refractivity contribution in [3.63, 3.8) is 0 Å². The molecule has 3 rings (SSSR count). The molecule has 0 bridgehead atoms. The number of hydrogen-bond acceptors (Lipinski definition) is 3. The molecular formula is C15H18N2O2. The van der Waals surface area contributed by atoms with Crippen molar-refractivity contribution in [3.05, 3.63) is 30.0 Å². The Morgan fingerprint density at radius 3 is 3.05 bits per heavy atom. The van der Waals surface area contributed by atoms with E-state index in [1.165, 1.54) is 0 Å². The molecule has 1 aromatic carbocycles. The Labute approximate surface area is 112 Å². The zero-order valence-corrected chi connectivity index (χ0v) is 11.1. The van der Waals surface area contributed by atoms with Crippen LogP contribution in [0.25, 0.3) is 10.9 Å². The molecule has 0 saturated carbocycles. The summed E-state index contributed by atoms with van der Waals surface area (Å²) < 4.78 is 7.41. The fourth-order valence-corrected chi connectivity index (χ4v) is 2.69. The van der Waals surface area contributed by atoms with Gasteiger partial charge in [-0.15, -0.1) is 0 Å². The summed E-state index contributed by atoms with van der Waals surface area (Å²) in [4.78, 5) is 11.9. The Kier molecular flexibility index (Phi) is 3.34. The van der Waals surface area contributed by atoms with Crippen molar-refractivity contribution in [2.24, 2.45) is 5.92 Å². The number of ketones is 1. The molecule has 0 aliphatic carbocycles. The molecule has 1 saturated heterocycles. The second-order valence-corrected chi connectivity index (χ2v) is 4.97. The van der Waals surface area contributed by atoms with E-state index < -0.39 is 0 Å². The Morgan fingerprint density at radius 1 is 1.42 bits per heavy atom. The summed E-state index contributed by atoms with van der Waals surface area (Å²) in [5.74, 6) is 0.277. The molecule has 4 nitrogen and oxygen atoms in total. The standard InChI is InChI=1S/C15H18N2O2/c1-2-17-14-6-4-3-5-12(14)13(16-17)9-11-10-19-8-7-15(11)18/h3-6,11H,2,7-10H2,1H3. The van der Waals surface area contributed by atoms with Crippen LogP contribution in [0.4, 0.5) is 0 Å². The number of aryl methyl sites for hydroxylation is 1. The number of carbonyl (C=O) groups excluding carboxylic acids is 1. The van der Waals surface area contributed by atoms with E-state index in [-0.39, 0.29) is 5.92 Å². The third-order valence-electron chi connectivity index (χ3n) is 3.74. The van der Waals surface area contributed by atoms with Gasteiger partial charge in [0.15, 0.2) is 0 Å². The molecule has 1 unspecified atom stereocenters. The van der Waals surface area contributed by atoms with Crippen LogP contribution in [0.2, 0.25) is 0 Å². The largest absolute Gasteiger partial charge is 0.380 e. The van der Waals surface area contributed by atoms with Gasteiger partial charge < -0.3 is 4.74 Å². The van der Waals surface area contributed by atoms with E-state index >= 15 is 0 Å². The minimum Gasteiger partial charge on any atom is -0.380 e. The van der Waals surface area contributed by atoms with Crippen molar-refractivity contribution in [3.8, 4) is 0 Å². The number of ether oxygens (including phenoxy) is 1. The van der Waals surface area contributed by atoms with Gasteiger partial charge in [-0.3, -0.25) is 9.48 Å². The first-order valence-corrected chi connectivity index (χ1v) is 6.84. The number of carbonyl (C=O) groups is 1. The highest BCUT2D eigenvalue weighted by molar-refractivity contribution is 5.85. The number of para-hydroxylation sites is 1. The van der Waals surface area contributed by atoms with E-state index in [4.69, 9.17) is 4.74 Å². The number of aromatic nitrogens is 2. The van der Waals surface area contributed by atoms with E-state index in [1.54, 1.807) is 0 Å². The second kappa shape index (κ2) is 5.13. The molecule has 1 fully saturated rings. The Hall–Kier alpha value is -1.68. The van der Waals surface area contributed by atoms with Crippen LogP contribution in [-0.2, 0) is 22.5 Å². The lowest BCUT2D eigenvalue weighted by Crippen LogP contribution is -2.29. The molecule has 2 heterocycles. The van der Waals surface area contributed by atoms with Crippen LogP contribution in [0.15, 0.2) is 24.3 Å². The smallest absolute Gasteiger partial charge is 0.140 e. The Morgan fingerprint density at radius 2 is 2.26 bits per heavy atom. The molecule has 1 aliphatic rings. The lowest BCUT2D eigenvalue weighted by atomic mass is 9.94. The summed E-state index contributed by atoms with van der Waals surface area (Å²) >= 11 is 0. The minimum atomic E-state index is -0.0302. The third-order valence-corrected chi connectivity index (χ3v) is 3.74. The quantitative estimate of drug-likeness (QED) is 0.847. The van der Waals surface area contributed by atoms with Crippen LogP contribution >= 0.6 is 0 Å². The van der Waals surface area contributed by atoms with Gasteiger partial charge in [0, 0.05) is 30.7 Å². The van der Waals surface area contributed by atoms with Crippen LogP contribution in [0.3, 0.4) is 0 Å². The van der Waals surface area contributed by atoms with Crippen molar-refractivity contribution in [1.82, 2.24) is 9.78 Å². The van der Waals surface area contributed by atoms with E-state index in [0.29, 0.717) is 31.8 Å². The van der Waals surface area contributed by atoms with Gasteiger partial charge in [-0.25, -0.2) is 0 Å². The summed E-state index contributed by atoms with van der Waals surface area (Å²) in [6.07, 6.45) is 1.23. The maximum atomic E-state index is 11.9. The summed E-state index contributed by atoms with van der Waals surface area (Å²) in [5.41, 5.74) is 2.16. The maximum absolute atomic E-state index is 11.9. The van der Waals surface area contributed by atoms with Crippen molar-refractivity contribution < 1.29 is 9.53 Å². The average Bonchev–Trinajstić information content (AvgIpc) is 2.80. The normalized spacial score (nSPS) is 20.1. The van der Waals surface area contributed by atoms with Crippen LogP contribution in [0.5, 0.6) is 0 Å². The fraction of sp³-hybridized carbons (Fsp3) is 0.467. The topological polar surface area (TPSA) is 44.1 Å². The van der Waals surface area contributed by atoms with Gasteiger partial charge >= 0.3 is 0 Å². The molecule has 1 atom stereocenters. The highest BCUT2D eigenvalue weighted by Gasteiger charge is 2.25. The number of fused-ring (bicyclic) bond motifs is 1. The first-order chi connectivity index (χ1) is 9.29. The van der Waals surface area contributed by atoms with Crippen LogP contribution in [0.1, 0.15) is 19.0 Å². The van der Waals surface area contributed by atoms with Crippen molar-refractivity contribution >= 4 is 16.7 Å². The lowest BCUT2D eigenvalue weighted by molar-refractivity contribution is -0.130. The Balaban J connectivity index is 1.94. The van der Waals surface area contributed by atoms with E-state index in [0.717, 1.165) is 23.1 Å². The first-order valence-electron chi connectivity index (χ1n) is 6.84. The van der Waals surface area contributed by atoms with Crippen LogP contribution in [0, 0.1) is 5.92 Å². The van der Waals surface area contributed by atoms with E-state index in [9.17, 15) is 4.79 Å². The Bertz CT molecular complexity index is 603. The number of benzene rings is 1. The predicted molar refractivity (Wildman–Crippen MR) is 73.0 cm³/mol.